The maximum atomic E-state index is 12.1. The molecule has 1 aliphatic rings. The third-order valence-electron chi connectivity index (χ3n) is 3.34. The quantitative estimate of drug-likeness (QED) is 0.703. The van der Waals surface area contributed by atoms with Crippen molar-refractivity contribution in [2.24, 2.45) is 7.05 Å². The average molecular weight is 262 g/mol. The molecule has 19 heavy (non-hydrogen) atoms. The predicted octanol–water partition coefficient (Wildman–Crippen LogP) is -0.853. The number of carbonyl (C=O) groups is 1. The Bertz CT molecular complexity index is 682. The summed E-state index contributed by atoms with van der Waals surface area (Å²) in [5, 5.41) is 7.53. The zero-order chi connectivity index (χ0) is 13.4. The monoisotopic (exact) mass is 262 g/mol. The Hall–Kier alpha value is -2.25. The van der Waals surface area contributed by atoms with Gasteiger partial charge in [0.05, 0.1) is 0 Å². The first-order chi connectivity index (χ1) is 9.16. The standard InChI is InChI=1S/C11H14N6O2/c1-15-10-9(13-14-15)11(19)17(7-12-10)6-8(18)16-4-2-3-5-16/h7H,2-6H2,1H3. The summed E-state index contributed by atoms with van der Waals surface area (Å²) < 4.78 is 2.72. The third kappa shape index (κ3) is 1.98. The van der Waals surface area contributed by atoms with E-state index in [4.69, 9.17) is 0 Å². The van der Waals surface area contributed by atoms with E-state index in [1.807, 2.05) is 0 Å². The van der Waals surface area contributed by atoms with E-state index >= 15 is 0 Å². The molecule has 0 bridgehead atoms. The molecule has 0 radical (unpaired) electrons. The van der Waals surface area contributed by atoms with Gasteiger partial charge in [-0.2, -0.15) is 0 Å². The minimum Gasteiger partial charge on any atom is -0.341 e. The second-order valence-corrected chi connectivity index (χ2v) is 4.65. The Morgan fingerprint density at radius 3 is 2.84 bits per heavy atom. The van der Waals surface area contributed by atoms with Gasteiger partial charge in [0.15, 0.2) is 11.2 Å². The van der Waals surface area contributed by atoms with E-state index < -0.39 is 0 Å². The SMILES string of the molecule is Cn1nnc2c(=O)n(CC(=O)N3CCCC3)cnc21. The molecular formula is C11H14N6O2. The number of amides is 1. The van der Waals surface area contributed by atoms with Crippen LogP contribution in [-0.4, -0.2) is 48.4 Å². The van der Waals surface area contributed by atoms with Crippen LogP contribution in [0.4, 0.5) is 0 Å². The summed E-state index contributed by atoms with van der Waals surface area (Å²) in [6, 6.07) is 0. The van der Waals surface area contributed by atoms with Crippen LogP contribution in [0.2, 0.25) is 0 Å². The number of carbonyl (C=O) groups excluding carboxylic acids is 1. The second-order valence-electron chi connectivity index (χ2n) is 4.65. The summed E-state index contributed by atoms with van der Waals surface area (Å²) in [5.74, 6) is -0.0513. The molecule has 2 aromatic heterocycles. The molecule has 100 valence electrons. The molecule has 8 heteroatoms. The van der Waals surface area contributed by atoms with Crippen LogP contribution in [0.25, 0.3) is 11.2 Å². The van der Waals surface area contributed by atoms with Crippen LogP contribution < -0.4 is 5.56 Å². The van der Waals surface area contributed by atoms with Crippen LogP contribution in [0.3, 0.4) is 0 Å². The lowest BCUT2D eigenvalue weighted by molar-refractivity contribution is -0.130. The van der Waals surface area contributed by atoms with Gasteiger partial charge in [-0.3, -0.25) is 14.2 Å². The topological polar surface area (TPSA) is 85.9 Å². The Kier molecular flexibility index (Phi) is 2.77. The molecule has 0 unspecified atom stereocenters. The van der Waals surface area contributed by atoms with E-state index in [0.29, 0.717) is 5.65 Å². The van der Waals surface area contributed by atoms with Crippen LogP contribution in [0.15, 0.2) is 11.1 Å². The highest BCUT2D eigenvalue weighted by atomic mass is 16.2. The van der Waals surface area contributed by atoms with Crippen molar-refractivity contribution in [1.29, 1.82) is 0 Å². The minimum atomic E-state index is -0.328. The van der Waals surface area contributed by atoms with Gasteiger partial charge in [-0.25, -0.2) is 9.67 Å². The summed E-state index contributed by atoms with van der Waals surface area (Å²) in [4.78, 5) is 30.0. The van der Waals surface area contributed by atoms with Gasteiger partial charge in [-0.15, -0.1) is 5.10 Å². The molecule has 0 N–H and O–H groups in total. The molecule has 3 heterocycles. The number of hydrogen-bond acceptors (Lipinski definition) is 5. The van der Waals surface area contributed by atoms with Crippen molar-refractivity contribution in [2.45, 2.75) is 19.4 Å². The fraction of sp³-hybridized carbons (Fsp3) is 0.545. The van der Waals surface area contributed by atoms with Crippen LogP contribution in [0, 0.1) is 0 Å². The molecule has 0 aromatic carbocycles. The van der Waals surface area contributed by atoms with E-state index in [2.05, 4.69) is 15.3 Å². The number of aromatic nitrogens is 5. The fourth-order valence-electron chi connectivity index (χ4n) is 2.27. The number of nitrogens with zero attached hydrogens (tertiary/aromatic N) is 6. The summed E-state index contributed by atoms with van der Waals surface area (Å²) in [6.07, 6.45) is 3.44. The molecule has 1 saturated heterocycles. The zero-order valence-electron chi connectivity index (χ0n) is 10.6. The molecule has 2 aromatic rings. The smallest absolute Gasteiger partial charge is 0.283 e. The molecule has 0 aliphatic carbocycles. The highest BCUT2D eigenvalue weighted by molar-refractivity contribution is 5.76. The Balaban J connectivity index is 1.90. The molecule has 3 rings (SSSR count). The van der Waals surface area contributed by atoms with E-state index in [-0.39, 0.29) is 23.5 Å². The van der Waals surface area contributed by atoms with E-state index in [1.54, 1.807) is 11.9 Å². The van der Waals surface area contributed by atoms with Gasteiger partial charge in [-0.1, -0.05) is 5.21 Å². The lowest BCUT2D eigenvalue weighted by Crippen LogP contribution is -2.34. The second kappa shape index (κ2) is 4.45. The van der Waals surface area contributed by atoms with E-state index in [0.717, 1.165) is 25.9 Å². The highest BCUT2D eigenvalue weighted by Gasteiger charge is 2.19. The minimum absolute atomic E-state index is 0.0122. The largest absolute Gasteiger partial charge is 0.341 e. The Labute approximate surface area is 108 Å². The van der Waals surface area contributed by atoms with Crippen molar-refractivity contribution >= 4 is 17.1 Å². The van der Waals surface area contributed by atoms with Crippen molar-refractivity contribution in [2.75, 3.05) is 13.1 Å². The number of hydrogen-bond donors (Lipinski definition) is 0. The van der Waals surface area contributed by atoms with Crippen LogP contribution in [0.5, 0.6) is 0 Å². The highest BCUT2D eigenvalue weighted by Crippen LogP contribution is 2.08. The molecule has 0 saturated carbocycles. The molecule has 1 fully saturated rings. The molecule has 0 spiro atoms. The van der Waals surface area contributed by atoms with Crippen molar-refractivity contribution in [3.8, 4) is 0 Å². The maximum Gasteiger partial charge on any atom is 0.283 e. The van der Waals surface area contributed by atoms with Crippen LogP contribution in [0.1, 0.15) is 12.8 Å². The van der Waals surface area contributed by atoms with Crippen LogP contribution >= 0.6 is 0 Å². The Morgan fingerprint density at radius 2 is 2.11 bits per heavy atom. The van der Waals surface area contributed by atoms with Crippen molar-refractivity contribution in [3.05, 3.63) is 16.7 Å². The molecular weight excluding hydrogens is 248 g/mol. The van der Waals surface area contributed by atoms with Gasteiger partial charge >= 0.3 is 0 Å². The van der Waals surface area contributed by atoms with Gasteiger partial charge in [0.25, 0.3) is 5.56 Å². The van der Waals surface area contributed by atoms with Crippen molar-refractivity contribution < 1.29 is 4.79 Å². The first kappa shape index (κ1) is 11.8. The summed E-state index contributed by atoms with van der Waals surface area (Å²) >= 11 is 0. The van der Waals surface area contributed by atoms with Gasteiger partial charge in [0, 0.05) is 20.1 Å². The van der Waals surface area contributed by atoms with Crippen molar-refractivity contribution in [3.63, 3.8) is 0 Å². The summed E-state index contributed by atoms with van der Waals surface area (Å²) in [7, 11) is 1.67. The predicted molar refractivity (Wildman–Crippen MR) is 66.4 cm³/mol. The van der Waals surface area contributed by atoms with Crippen LogP contribution in [-0.2, 0) is 18.4 Å². The maximum absolute atomic E-state index is 12.1. The Morgan fingerprint density at radius 1 is 1.37 bits per heavy atom. The van der Waals surface area contributed by atoms with Gasteiger partial charge in [-0.05, 0) is 12.8 Å². The number of likely N-dealkylation sites (tertiary alicyclic amines) is 1. The van der Waals surface area contributed by atoms with Gasteiger partial charge < -0.3 is 4.90 Å². The van der Waals surface area contributed by atoms with Gasteiger partial charge in [0.1, 0.15) is 12.9 Å². The zero-order valence-corrected chi connectivity index (χ0v) is 10.6. The average Bonchev–Trinajstić information content (AvgIpc) is 3.03. The third-order valence-corrected chi connectivity index (χ3v) is 3.34. The van der Waals surface area contributed by atoms with Crippen molar-refractivity contribution in [1.82, 2.24) is 29.4 Å². The number of aryl methyl sites for hydroxylation is 1. The number of fused-ring (bicyclic) bond motifs is 1. The summed E-state index contributed by atoms with van der Waals surface area (Å²) in [5.41, 5.74) is 0.291. The molecule has 0 atom stereocenters. The number of rotatable bonds is 2. The first-order valence-corrected chi connectivity index (χ1v) is 6.19. The normalized spacial score (nSPS) is 15.3. The molecule has 1 amide bonds. The molecule has 1 aliphatic heterocycles. The first-order valence-electron chi connectivity index (χ1n) is 6.19. The lowest BCUT2D eigenvalue weighted by Gasteiger charge is -2.15. The summed E-state index contributed by atoms with van der Waals surface area (Å²) in [6.45, 7) is 1.56. The molecule has 8 nitrogen and oxygen atoms in total. The van der Waals surface area contributed by atoms with E-state index in [1.165, 1.54) is 15.6 Å². The van der Waals surface area contributed by atoms with Gasteiger partial charge in [0.2, 0.25) is 5.91 Å². The lowest BCUT2D eigenvalue weighted by atomic mass is 10.4. The fourth-order valence-corrected chi connectivity index (χ4v) is 2.27. The van der Waals surface area contributed by atoms with E-state index in [9.17, 15) is 9.59 Å².